The van der Waals surface area contributed by atoms with E-state index in [0.717, 1.165) is 6.61 Å². The third-order valence-electron chi connectivity index (χ3n) is 1.48. The van der Waals surface area contributed by atoms with Crippen molar-refractivity contribution in [1.82, 2.24) is 0 Å². The first-order chi connectivity index (χ1) is 4.14. The molecule has 1 aliphatic heterocycles. The highest BCUT2D eigenvalue weighted by Crippen LogP contribution is 2.28. The summed E-state index contributed by atoms with van der Waals surface area (Å²) >= 11 is 5.63. The summed E-state index contributed by atoms with van der Waals surface area (Å²) in [7, 11) is 0. The largest absolute Gasteiger partial charge is 0.375 e. The molecule has 9 heavy (non-hydrogen) atoms. The van der Waals surface area contributed by atoms with Crippen LogP contribution < -0.4 is 0 Å². The van der Waals surface area contributed by atoms with Crippen LogP contribution in [0, 0.1) is 0 Å². The standard InChI is InChI=1S/C6H11ClO2/c1-2-6(7,8)3-5-4-9-5/h5,8H,2-4H2,1H3. The molecule has 2 nitrogen and oxygen atoms in total. The van der Waals surface area contributed by atoms with E-state index in [0.29, 0.717) is 12.8 Å². The Kier molecular flexibility index (Phi) is 1.99. The quantitative estimate of drug-likeness (QED) is 0.483. The molecule has 0 aliphatic carbocycles. The minimum absolute atomic E-state index is 0.215. The average molecular weight is 151 g/mol. The summed E-state index contributed by atoms with van der Waals surface area (Å²) in [6, 6.07) is 0. The molecule has 0 bridgehead atoms. The molecular weight excluding hydrogens is 140 g/mol. The van der Waals surface area contributed by atoms with Crippen molar-refractivity contribution >= 4 is 11.6 Å². The summed E-state index contributed by atoms with van der Waals surface area (Å²) in [5.74, 6) is 0. The summed E-state index contributed by atoms with van der Waals surface area (Å²) in [6.45, 7) is 2.62. The first-order valence-corrected chi connectivity index (χ1v) is 3.55. The number of epoxide rings is 1. The van der Waals surface area contributed by atoms with Crippen LogP contribution in [0.5, 0.6) is 0 Å². The lowest BCUT2D eigenvalue weighted by molar-refractivity contribution is 0.104. The fraction of sp³-hybridized carbons (Fsp3) is 1.00. The molecule has 1 rings (SSSR count). The van der Waals surface area contributed by atoms with Crippen molar-refractivity contribution < 1.29 is 9.84 Å². The molecule has 3 heteroatoms. The van der Waals surface area contributed by atoms with Crippen LogP contribution >= 0.6 is 11.6 Å². The van der Waals surface area contributed by atoms with E-state index in [1.807, 2.05) is 6.92 Å². The Morgan fingerprint density at radius 1 is 1.89 bits per heavy atom. The van der Waals surface area contributed by atoms with Gasteiger partial charge in [-0.3, -0.25) is 0 Å². The van der Waals surface area contributed by atoms with E-state index in [-0.39, 0.29) is 6.10 Å². The van der Waals surface area contributed by atoms with Gasteiger partial charge in [0.2, 0.25) is 0 Å². The zero-order valence-corrected chi connectivity index (χ0v) is 6.19. The van der Waals surface area contributed by atoms with Crippen molar-refractivity contribution in [3.63, 3.8) is 0 Å². The Morgan fingerprint density at radius 2 is 2.44 bits per heavy atom. The molecule has 0 amide bonds. The predicted molar refractivity (Wildman–Crippen MR) is 35.5 cm³/mol. The van der Waals surface area contributed by atoms with E-state index in [2.05, 4.69) is 0 Å². The first-order valence-electron chi connectivity index (χ1n) is 3.17. The lowest BCUT2D eigenvalue weighted by Crippen LogP contribution is -2.21. The molecule has 2 unspecified atom stereocenters. The van der Waals surface area contributed by atoms with Gasteiger partial charge in [0.05, 0.1) is 12.7 Å². The van der Waals surface area contributed by atoms with Gasteiger partial charge in [-0.05, 0) is 6.42 Å². The van der Waals surface area contributed by atoms with Crippen molar-refractivity contribution in [3.8, 4) is 0 Å². The van der Waals surface area contributed by atoms with Gasteiger partial charge in [-0.1, -0.05) is 18.5 Å². The van der Waals surface area contributed by atoms with E-state index >= 15 is 0 Å². The third kappa shape index (κ3) is 2.52. The Morgan fingerprint density at radius 3 is 2.78 bits per heavy atom. The molecule has 1 heterocycles. The van der Waals surface area contributed by atoms with Crippen LogP contribution in [0.4, 0.5) is 0 Å². The molecule has 54 valence electrons. The summed E-state index contributed by atoms with van der Waals surface area (Å²) in [5.41, 5.74) is 0. The topological polar surface area (TPSA) is 32.8 Å². The smallest absolute Gasteiger partial charge is 0.140 e. The predicted octanol–water partition coefficient (Wildman–Crippen LogP) is 1.11. The van der Waals surface area contributed by atoms with Crippen LogP contribution in [0.3, 0.4) is 0 Å². The molecule has 0 aromatic heterocycles. The molecule has 1 saturated heterocycles. The maximum Gasteiger partial charge on any atom is 0.140 e. The van der Waals surface area contributed by atoms with Gasteiger partial charge in [-0.2, -0.15) is 0 Å². The highest BCUT2D eigenvalue weighted by Gasteiger charge is 2.33. The van der Waals surface area contributed by atoms with Crippen molar-refractivity contribution in [2.75, 3.05) is 6.61 Å². The normalized spacial score (nSPS) is 31.7. The summed E-state index contributed by atoms with van der Waals surface area (Å²) in [6.07, 6.45) is 1.35. The Labute approximate surface area is 59.8 Å². The molecule has 0 aromatic carbocycles. The van der Waals surface area contributed by atoms with Gasteiger partial charge in [-0.15, -0.1) is 0 Å². The fourth-order valence-corrected chi connectivity index (χ4v) is 0.851. The van der Waals surface area contributed by atoms with Crippen molar-refractivity contribution in [3.05, 3.63) is 0 Å². The third-order valence-corrected chi connectivity index (χ3v) is 1.91. The second-order valence-electron chi connectivity index (χ2n) is 2.43. The molecule has 2 atom stereocenters. The number of aliphatic hydroxyl groups is 1. The van der Waals surface area contributed by atoms with Crippen molar-refractivity contribution in [2.24, 2.45) is 0 Å². The highest BCUT2D eigenvalue weighted by molar-refractivity contribution is 6.22. The number of rotatable bonds is 3. The Bertz CT molecular complexity index is 99.2. The van der Waals surface area contributed by atoms with Gasteiger partial charge < -0.3 is 9.84 Å². The second kappa shape index (κ2) is 2.45. The molecule has 0 radical (unpaired) electrons. The van der Waals surface area contributed by atoms with E-state index in [4.69, 9.17) is 16.3 Å². The van der Waals surface area contributed by atoms with Crippen LogP contribution in [0.25, 0.3) is 0 Å². The summed E-state index contributed by atoms with van der Waals surface area (Å²) in [4.78, 5) is 0. The van der Waals surface area contributed by atoms with Gasteiger partial charge in [0, 0.05) is 6.42 Å². The summed E-state index contributed by atoms with van der Waals surface area (Å²) in [5, 5.41) is 8.19. The minimum Gasteiger partial charge on any atom is -0.375 e. The van der Waals surface area contributed by atoms with Crippen molar-refractivity contribution in [1.29, 1.82) is 0 Å². The average Bonchev–Trinajstić information content (AvgIpc) is 2.50. The molecule has 1 fully saturated rings. The van der Waals surface area contributed by atoms with Crippen LogP contribution in [-0.2, 0) is 4.74 Å². The van der Waals surface area contributed by atoms with Gasteiger partial charge in [0.1, 0.15) is 5.06 Å². The number of hydrogen-bond acceptors (Lipinski definition) is 2. The molecule has 0 saturated carbocycles. The minimum atomic E-state index is -1.03. The number of halogens is 1. The van der Waals surface area contributed by atoms with Crippen LogP contribution in [0.1, 0.15) is 19.8 Å². The van der Waals surface area contributed by atoms with Crippen LogP contribution in [-0.4, -0.2) is 22.9 Å². The first kappa shape index (κ1) is 7.32. The Hall–Kier alpha value is 0.210. The maximum absolute atomic E-state index is 9.22. The molecule has 0 spiro atoms. The van der Waals surface area contributed by atoms with Gasteiger partial charge in [0.15, 0.2) is 0 Å². The van der Waals surface area contributed by atoms with Crippen LogP contribution in [0.2, 0.25) is 0 Å². The fourth-order valence-electron chi connectivity index (χ4n) is 0.679. The van der Waals surface area contributed by atoms with Gasteiger partial charge in [0.25, 0.3) is 0 Å². The summed E-state index contributed by atoms with van der Waals surface area (Å²) < 4.78 is 4.90. The van der Waals surface area contributed by atoms with E-state index in [9.17, 15) is 5.11 Å². The van der Waals surface area contributed by atoms with Gasteiger partial charge >= 0.3 is 0 Å². The number of hydrogen-bond donors (Lipinski definition) is 1. The zero-order chi connectivity index (χ0) is 6.91. The van der Waals surface area contributed by atoms with E-state index in [1.54, 1.807) is 0 Å². The number of alkyl halides is 1. The number of ether oxygens (including phenoxy) is 1. The molecule has 0 aromatic rings. The lowest BCUT2D eigenvalue weighted by Gasteiger charge is -2.15. The monoisotopic (exact) mass is 150 g/mol. The molecule has 1 N–H and O–H groups in total. The van der Waals surface area contributed by atoms with Crippen LogP contribution in [0.15, 0.2) is 0 Å². The molecule has 1 aliphatic rings. The maximum atomic E-state index is 9.22. The lowest BCUT2D eigenvalue weighted by atomic mass is 10.1. The van der Waals surface area contributed by atoms with E-state index in [1.165, 1.54) is 0 Å². The van der Waals surface area contributed by atoms with E-state index < -0.39 is 5.06 Å². The molecular formula is C6H11ClO2. The zero-order valence-electron chi connectivity index (χ0n) is 5.43. The Balaban J connectivity index is 2.21. The van der Waals surface area contributed by atoms with Crippen molar-refractivity contribution in [2.45, 2.75) is 30.9 Å². The SMILES string of the molecule is CCC(O)(Cl)CC1CO1. The highest BCUT2D eigenvalue weighted by atomic mass is 35.5. The van der Waals surface area contributed by atoms with Gasteiger partial charge in [-0.25, -0.2) is 0 Å². The second-order valence-corrected chi connectivity index (χ2v) is 3.13.